The summed E-state index contributed by atoms with van der Waals surface area (Å²) in [6.45, 7) is 4.67. The fourth-order valence-corrected chi connectivity index (χ4v) is 3.45. The summed E-state index contributed by atoms with van der Waals surface area (Å²) < 4.78 is 6.84. The molecule has 1 aromatic heterocycles. The van der Waals surface area contributed by atoms with Crippen LogP contribution >= 0.6 is 0 Å². The van der Waals surface area contributed by atoms with E-state index in [2.05, 4.69) is 10.00 Å². The van der Waals surface area contributed by atoms with Gasteiger partial charge in [-0.15, -0.1) is 0 Å². The molecule has 0 saturated carbocycles. The number of hydrogen-bond acceptors (Lipinski definition) is 5. The molecule has 2 aliphatic heterocycles. The molecule has 1 aromatic rings. The van der Waals surface area contributed by atoms with Crippen LogP contribution in [0.1, 0.15) is 24.5 Å². The van der Waals surface area contributed by atoms with Gasteiger partial charge in [0.25, 0.3) is 0 Å². The monoisotopic (exact) mass is 336 g/mol. The smallest absolute Gasteiger partial charge is 0.325 e. The quantitative estimate of drug-likeness (QED) is 0.815. The van der Waals surface area contributed by atoms with Crippen LogP contribution in [0.15, 0.2) is 12.3 Å². The van der Waals surface area contributed by atoms with Crippen LogP contribution in [0.2, 0.25) is 0 Å². The van der Waals surface area contributed by atoms with E-state index < -0.39 is 5.97 Å². The Morgan fingerprint density at radius 1 is 1.25 bits per heavy atom. The summed E-state index contributed by atoms with van der Waals surface area (Å²) in [5.41, 5.74) is 0.904. The zero-order valence-corrected chi connectivity index (χ0v) is 13.8. The molecular weight excluding hydrogens is 312 g/mol. The van der Waals surface area contributed by atoms with E-state index in [9.17, 15) is 9.59 Å². The normalized spacial score (nSPS) is 22.5. The first-order valence-electron chi connectivity index (χ1n) is 8.45. The van der Waals surface area contributed by atoms with E-state index in [1.54, 1.807) is 6.20 Å². The second kappa shape index (κ2) is 7.76. The molecule has 0 spiro atoms. The fraction of sp³-hybridized carbons (Fsp3) is 0.688. The molecule has 1 unspecified atom stereocenters. The van der Waals surface area contributed by atoms with Crippen molar-refractivity contribution in [2.24, 2.45) is 0 Å². The Labute approximate surface area is 141 Å². The van der Waals surface area contributed by atoms with Crippen molar-refractivity contribution in [1.29, 1.82) is 0 Å². The lowest BCUT2D eigenvalue weighted by molar-refractivity contribution is -0.138. The lowest BCUT2D eigenvalue weighted by Crippen LogP contribution is -2.47. The number of aliphatic carboxylic acids is 1. The van der Waals surface area contributed by atoms with Gasteiger partial charge in [0.1, 0.15) is 6.54 Å². The molecule has 1 amide bonds. The number of hydrogen-bond donors (Lipinski definition) is 1. The van der Waals surface area contributed by atoms with E-state index >= 15 is 0 Å². The first kappa shape index (κ1) is 16.9. The molecular formula is C16H24N4O4. The van der Waals surface area contributed by atoms with Crippen LogP contribution in [-0.4, -0.2) is 82.5 Å². The van der Waals surface area contributed by atoms with Gasteiger partial charge in [0.2, 0.25) is 5.91 Å². The SMILES string of the molecule is O=C(O)Cn1nccc1C1CCCN(C(=O)CN2CCOCC2)C1. The summed E-state index contributed by atoms with van der Waals surface area (Å²) in [6, 6.07) is 1.86. The molecule has 132 valence electrons. The van der Waals surface area contributed by atoms with Crippen LogP contribution in [0, 0.1) is 0 Å². The number of aromatic nitrogens is 2. The minimum atomic E-state index is -0.906. The Balaban J connectivity index is 1.60. The number of carboxylic acids is 1. The molecule has 0 radical (unpaired) electrons. The van der Waals surface area contributed by atoms with Crippen molar-refractivity contribution in [1.82, 2.24) is 19.6 Å². The molecule has 1 atom stereocenters. The highest BCUT2D eigenvalue weighted by Gasteiger charge is 2.28. The van der Waals surface area contributed by atoms with Gasteiger partial charge in [0, 0.05) is 44.0 Å². The Kier molecular flexibility index (Phi) is 5.47. The number of ether oxygens (including phenoxy) is 1. The fourth-order valence-electron chi connectivity index (χ4n) is 3.45. The number of carbonyl (C=O) groups excluding carboxylic acids is 1. The highest BCUT2D eigenvalue weighted by atomic mass is 16.5. The van der Waals surface area contributed by atoms with E-state index in [0.717, 1.165) is 38.2 Å². The Hall–Kier alpha value is -1.93. The van der Waals surface area contributed by atoms with Gasteiger partial charge in [-0.3, -0.25) is 19.2 Å². The predicted molar refractivity (Wildman–Crippen MR) is 85.7 cm³/mol. The number of nitrogens with zero attached hydrogens (tertiary/aromatic N) is 4. The molecule has 2 fully saturated rings. The van der Waals surface area contributed by atoms with Crippen molar-refractivity contribution in [2.45, 2.75) is 25.3 Å². The van der Waals surface area contributed by atoms with Crippen LogP contribution in [0.4, 0.5) is 0 Å². The lowest BCUT2D eigenvalue weighted by Gasteiger charge is -2.35. The largest absolute Gasteiger partial charge is 0.480 e. The third kappa shape index (κ3) is 4.12. The van der Waals surface area contributed by atoms with Crippen LogP contribution in [0.25, 0.3) is 0 Å². The summed E-state index contributed by atoms with van der Waals surface area (Å²) in [7, 11) is 0. The molecule has 24 heavy (non-hydrogen) atoms. The maximum absolute atomic E-state index is 12.6. The number of likely N-dealkylation sites (tertiary alicyclic amines) is 1. The Morgan fingerprint density at radius 2 is 2.04 bits per heavy atom. The molecule has 3 heterocycles. The third-order valence-electron chi connectivity index (χ3n) is 4.69. The van der Waals surface area contributed by atoms with E-state index in [1.807, 2.05) is 11.0 Å². The second-order valence-corrected chi connectivity index (χ2v) is 6.37. The Morgan fingerprint density at radius 3 is 2.79 bits per heavy atom. The van der Waals surface area contributed by atoms with Crippen molar-refractivity contribution in [3.8, 4) is 0 Å². The molecule has 2 saturated heterocycles. The van der Waals surface area contributed by atoms with Crippen LogP contribution in [-0.2, 0) is 20.9 Å². The van der Waals surface area contributed by atoms with E-state index in [4.69, 9.17) is 9.84 Å². The Bertz CT molecular complexity index is 582. The molecule has 0 bridgehead atoms. The summed E-state index contributed by atoms with van der Waals surface area (Å²) >= 11 is 0. The predicted octanol–water partition coefficient (Wildman–Crippen LogP) is 0.00590. The van der Waals surface area contributed by atoms with Gasteiger partial charge < -0.3 is 14.7 Å². The number of amides is 1. The molecule has 1 N–H and O–H groups in total. The molecule has 8 heteroatoms. The number of carboxylic acid groups (broad SMARTS) is 1. The van der Waals surface area contributed by atoms with E-state index in [0.29, 0.717) is 26.3 Å². The highest BCUT2D eigenvalue weighted by molar-refractivity contribution is 5.78. The van der Waals surface area contributed by atoms with Crippen LogP contribution in [0.5, 0.6) is 0 Å². The van der Waals surface area contributed by atoms with Gasteiger partial charge in [0.05, 0.1) is 19.8 Å². The standard InChI is InChI=1S/C16H24N4O4/c21-15(11-18-6-8-24-9-7-18)19-5-1-2-13(10-19)14-3-4-17-20(14)12-16(22)23/h3-4,13H,1-2,5-12H2,(H,22,23). The summed E-state index contributed by atoms with van der Waals surface area (Å²) in [4.78, 5) is 27.6. The van der Waals surface area contributed by atoms with Crippen molar-refractivity contribution < 1.29 is 19.4 Å². The van der Waals surface area contributed by atoms with Crippen molar-refractivity contribution in [3.63, 3.8) is 0 Å². The van der Waals surface area contributed by atoms with Gasteiger partial charge in [-0.2, -0.15) is 5.10 Å². The molecule has 0 aromatic carbocycles. The summed E-state index contributed by atoms with van der Waals surface area (Å²) in [5.74, 6) is -0.615. The summed E-state index contributed by atoms with van der Waals surface area (Å²) in [6.07, 6.45) is 3.51. The topological polar surface area (TPSA) is 87.9 Å². The molecule has 0 aliphatic carbocycles. The van der Waals surface area contributed by atoms with Gasteiger partial charge >= 0.3 is 5.97 Å². The maximum atomic E-state index is 12.6. The zero-order chi connectivity index (χ0) is 16.9. The van der Waals surface area contributed by atoms with Crippen molar-refractivity contribution in [3.05, 3.63) is 18.0 Å². The summed E-state index contributed by atoms with van der Waals surface area (Å²) in [5, 5.41) is 13.1. The van der Waals surface area contributed by atoms with E-state index in [-0.39, 0.29) is 18.4 Å². The number of morpholine rings is 1. The van der Waals surface area contributed by atoms with Gasteiger partial charge in [-0.05, 0) is 18.9 Å². The first-order chi connectivity index (χ1) is 11.6. The lowest BCUT2D eigenvalue weighted by atomic mass is 9.94. The van der Waals surface area contributed by atoms with Crippen LogP contribution < -0.4 is 0 Å². The minimum absolute atomic E-state index is 0.138. The zero-order valence-electron chi connectivity index (χ0n) is 13.8. The molecule has 2 aliphatic rings. The third-order valence-corrected chi connectivity index (χ3v) is 4.69. The average Bonchev–Trinajstić information content (AvgIpc) is 3.03. The van der Waals surface area contributed by atoms with Gasteiger partial charge in [0.15, 0.2) is 0 Å². The van der Waals surface area contributed by atoms with Crippen molar-refractivity contribution in [2.75, 3.05) is 45.9 Å². The average molecular weight is 336 g/mol. The second-order valence-electron chi connectivity index (χ2n) is 6.37. The number of carbonyl (C=O) groups is 2. The molecule has 8 nitrogen and oxygen atoms in total. The highest BCUT2D eigenvalue weighted by Crippen LogP contribution is 2.27. The number of piperidine rings is 1. The maximum Gasteiger partial charge on any atom is 0.325 e. The number of rotatable bonds is 5. The van der Waals surface area contributed by atoms with Gasteiger partial charge in [-0.25, -0.2) is 0 Å². The molecule has 3 rings (SSSR count). The first-order valence-corrected chi connectivity index (χ1v) is 8.45. The van der Waals surface area contributed by atoms with E-state index in [1.165, 1.54) is 4.68 Å². The van der Waals surface area contributed by atoms with Crippen molar-refractivity contribution >= 4 is 11.9 Å². The van der Waals surface area contributed by atoms with Gasteiger partial charge in [-0.1, -0.05) is 0 Å². The minimum Gasteiger partial charge on any atom is -0.480 e. The van der Waals surface area contributed by atoms with Crippen LogP contribution in [0.3, 0.4) is 0 Å².